The maximum Gasteiger partial charge on any atom is 0.105 e. The van der Waals surface area contributed by atoms with Gasteiger partial charge in [-0.3, -0.25) is 0 Å². The van der Waals surface area contributed by atoms with Crippen LogP contribution in [0.2, 0.25) is 0 Å². The van der Waals surface area contributed by atoms with Gasteiger partial charge in [0.05, 0.1) is 0 Å². The summed E-state index contributed by atoms with van der Waals surface area (Å²) in [6.07, 6.45) is 9.28. The maximum atomic E-state index is 12.0. The van der Waals surface area contributed by atoms with E-state index in [0.29, 0.717) is 0 Å². The average Bonchev–Trinajstić information content (AvgIpc) is 2.63. The van der Waals surface area contributed by atoms with E-state index in [1.54, 1.807) is 0 Å². The predicted molar refractivity (Wildman–Crippen MR) is 106 cm³/mol. The lowest BCUT2D eigenvalue weighted by Gasteiger charge is -2.11. The molecule has 0 aliphatic heterocycles. The number of hydrogen-bond donors (Lipinski definition) is 0. The van der Waals surface area contributed by atoms with Crippen molar-refractivity contribution in [3.8, 4) is 0 Å². The molecule has 1 nitrogen and oxygen atoms in total. The molecule has 0 atom stereocenters. The minimum Gasteiger partial charge on any atom is -0.616 e. The van der Waals surface area contributed by atoms with Gasteiger partial charge < -0.3 is 4.55 Å². The molecule has 0 amide bonds. The third-order valence-electron chi connectivity index (χ3n) is 4.36. The van der Waals surface area contributed by atoms with Crippen LogP contribution in [0.3, 0.4) is 0 Å². The average molecular weight is 343 g/mol. The first-order valence-corrected chi connectivity index (χ1v) is 10.8. The highest BCUT2D eigenvalue weighted by Gasteiger charge is 2.05. The Morgan fingerprint density at radius 3 is 1.38 bits per heavy atom. The highest BCUT2D eigenvalue weighted by atomic mass is 32.2. The molecular formula is C22H30OS. The van der Waals surface area contributed by atoms with Gasteiger partial charge in [0, 0.05) is 0 Å². The summed E-state index contributed by atoms with van der Waals surface area (Å²) in [6, 6.07) is 21.3. The number of hydrogen-bond acceptors (Lipinski definition) is 1. The molecular weight excluding hydrogens is 312 g/mol. The highest BCUT2D eigenvalue weighted by Crippen LogP contribution is 2.10. The molecule has 2 aromatic carbocycles. The number of aryl methyl sites for hydroxylation is 2. The molecule has 0 N–H and O–H groups in total. The summed E-state index contributed by atoms with van der Waals surface area (Å²) in [5.41, 5.74) is 2.83. The van der Waals surface area contributed by atoms with Gasteiger partial charge in [0.1, 0.15) is 11.5 Å². The molecule has 2 aromatic rings. The Morgan fingerprint density at radius 2 is 0.958 bits per heavy atom. The summed E-state index contributed by atoms with van der Waals surface area (Å²) in [4.78, 5) is 0. The van der Waals surface area contributed by atoms with Crippen LogP contribution in [0.25, 0.3) is 0 Å². The summed E-state index contributed by atoms with van der Waals surface area (Å²) in [6.45, 7) is 0. The lowest BCUT2D eigenvalue weighted by Crippen LogP contribution is -2.11. The molecule has 0 saturated carbocycles. The van der Waals surface area contributed by atoms with Crippen LogP contribution in [0.5, 0.6) is 0 Å². The zero-order chi connectivity index (χ0) is 16.9. The van der Waals surface area contributed by atoms with E-state index in [2.05, 4.69) is 60.7 Å². The SMILES string of the molecule is [O-][S+](CCCCCc1ccccc1)CCCCCc1ccccc1. The molecule has 0 radical (unpaired) electrons. The molecule has 2 rings (SSSR count). The van der Waals surface area contributed by atoms with Gasteiger partial charge in [0.2, 0.25) is 0 Å². The van der Waals surface area contributed by atoms with Crippen molar-refractivity contribution in [1.82, 2.24) is 0 Å². The Bertz CT molecular complexity index is 477. The third-order valence-corrected chi connectivity index (χ3v) is 5.85. The van der Waals surface area contributed by atoms with E-state index in [-0.39, 0.29) is 0 Å². The lowest BCUT2D eigenvalue weighted by atomic mass is 10.1. The van der Waals surface area contributed by atoms with E-state index < -0.39 is 11.2 Å². The van der Waals surface area contributed by atoms with Crippen molar-refractivity contribution >= 4 is 11.2 Å². The van der Waals surface area contributed by atoms with Crippen molar-refractivity contribution in [3.05, 3.63) is 71.8 Å². The second kappa shape index (κ2) is 12.2. The van der Waals surface area contributed by atoms with E-state index in [1.807, 2.05) is 0 Å². The minimum atomic E-state index is -0.616. The Balaban J connectivity index is 1.42. The molecule has 0 spiro atoms. The van der Waals surface area contributed by atoms with Crippen LogP contribution in [0.15, 0.2) is 60.7 Å². The Kier molecular flexibility index (Phi) is 9.67. The topological polar surface area (TPSA) is 23.1 Å². The normalized spacial score (nSPS) is 11.1. The second-order valence-corrected chi connectivity index (χ2v) is 8.14. The Hall–Kier alpha value is -1.25. The van der Waals surface area contributed by atoms with Crippen LogP contribution in [0, 0.1) is 0 Å². The van der Waals surface area contributed by atoms with Gasteiger partial charge in [0.15, 0.2) is 0 Å². The molecule has 0 heterocycles. The van der Waals surface area contributed by atoms with Crippen LogP contribution >= 0.6 is 0 Å². The first-order chi connectivity index (χ1) is 11.8. The zero-order valence-electron chi connectivity index (χ0n) is 14.7. The second-order valence-electron chi connectivity index (χ2n) is 6.44. The molecule has 0 aliphatic carbocycles. The fourth-order valence-corrected chi connectivity index (χ4v) is 4.19. The van der Waals surface area contributed by atoms with Gasteiger partial charge in [-0.05, 0) is 62.5 Å². The Morgan fingerprint density at radius 1 is 0.542 bits per heavy atom. The van der Waals surface area contributed by atoms with E-state index in [4.69, 9.17) is 0 Å². The fourth-order valence-electron chi connectivity index (χ4n) is 2.93. The van der Waals surface area contributed by atoms with Gasteiger partial charge in [-0.1, -0.05) is 71.8 Å². The van der Waals surface area contributed by atoms with Crippen molar-refractivity contribution in [3.63, 3.8) is 0 Å². The van der Waals surface area contributed by atoms with Crippen molar-refractivity contribution in [2.24, 2.45) is 0 Å². The van der Waals surface area contributed by atoms with Crippen molar-refractivity contribution < 1.29 is 4.55 Å². The molecule has 2 heteroatoms. The smallest absolute Gasteiger partial charge is 0.105 e. The molecule has 0 saturated heterocycles. The van der Waals surface area contributed by atoms with Crippen LogP contribution in [0.4, 0.5) is 0 Å². The molecule has 0 fully saturated rings. The van der Waals surface area contributed by atoms with Gasteiger partial charge in [-0.25, -0.2) is 0 Å². The third kappa shape index (κ3) is 8.56. The maximum absolute atomic E-state index is 12.0. The predicted octanol–water partition coefficient (Wildman–Crippen LogP) is 5.56. The van der Waals surface area contributed by atoms with Crippen molar-refractivity contribution in [2.45, 2.75) is 51.4 Å². The van der Waals surface area contributed by atoms with Crippen LogP contribution in [-0.2, 0) is 24.0 Å². The van der Waals surface area contributed by atoms with E-state index in [1.165, 1.54) is 36.8 Å². The summed E-state index contributed by atoms with van der Waals surface area (Å²) < 4.78 is 12.0. The fraction of sp³-hybridized carbons (Fsp3) is 0.455. The largest absolute Gasteiger partial charge is 0.616 e. The van der Waals surface area contributed by atoms with E-state index >= 15 is 0 Å². The molecule has 24 heavy (non-hydrogen) atoms. The summed E-state index contributed by atoms with van der Waals surface area (Å²) in [7, 11) is 0. The monoisotopic (exact) mass is 342 g/mol. The number of rotatable bonds is 12. The number of unbranched alkanes of at least 4 members (excludes halogenated alkanes) is 4. The quantitative estimate of drug-likeness (QED) is 0.366. The molecule has 0 aliphatic rings. The molecule has 0 bridgehead atoms. The van der Waals surface area contributed by atoms with Gasteiger partial charge in [-0.15, -0.1) is 0 Å². The lowest BCUT2D eigenvalue weighted by molar-refractivity contribution is 0.582. The van der Waals surface area contributed by atoms with E-state index in [9.17, 15) is 4.55 Å². The van der Waals surface area contributed by atoms with Gasteiger partial charge in [-0.2, -0.15) is 0 Å². The standard InChI is InChI=1S/C22H30OS/c23-24(19-11-3-9-17-21-13-5-1-6-14-21)20-12-4-10-18-22-15-7-2-8-16-22/h1-2,5-8,13-16H,3-4,9-12,17-20H2. The number of benzene rings is 2. The summed E-state index contributed by atoms with van der Waals surface area (Å²) in [5.74, 6) is 1.76. The van der Waals surface area contributed by atoms with Crippen LogP contribution < -0.4 is 0 Å². The van der Waals surface area contributed by atoms with E-state index in [0.717, 1.165) is 37.2 Å². The molecule has 130 valence electrons. The highest BCUT2D eigenvalue weighted by molar-refractivity contribution is 7.91. The molecule has 0 aromatic heterocycles. The van der Waals surface area contributed by atoms with Crippen molar-refractivity contribution in [2.75, 3.05) is 11.5 Å². The zero-order valence-corrected chi connectivity index (χ0v) is 15.5. The first-order valence-electron chi connectivity index (χ1n) is 9.27. The van der Waals surface area contributed by atoms with Crippen LogP contribution in [-0.4, -0.2) is 16.1 Å². The molecule has 0 unspecified atom stereocenters. The van der Waals surface area contributed by atoms with Gasteiger partial charge in [0.25, 0.3) is 0 Å². The first kappa shape index (κ1) is 19.1. The van der Waals surface area contributed by atoms with Crippen LogP contribution in [0.1, 0.15) is 49.7 Å². The minimum absolute atomic E-state index is 0.616. The summed E-state index contributed by atoms with van der Waals surface area (Å²) >= 11 is -0.616. The van der Waals surface area contributed by atoms with Crippen molar-refractivity contribution in [1.29, 1.82) is 0 Å². The van der Waals surface area contributed by atoms with Gasteiger partial charge >= 0.3 is 0 Å². The Labute approximate surface area is 150 Å². The summed E-state index contributed by atoms with van der Waals surface area (Å²) in [5, 5.41) is 0.